The summed E-state index contributed by atoms with van der Waals surface area (Å²) >= 11 is 6.37. The van der Waals surface area contributed by atoms with Crippen LogP contribution in [0.2, 0.25) is 5.02 Å². The number of halogens is 3. The van der Waals surface area contributed by atoms with Crippen molar-refractivity contribution in [1.82, 2.24) is 14.7 Å². The zero-order valence-corrected chi connectivity index (χ0v) is 24.7. The van der Waals surface area contributed by atoms with Gasteiger partial charge in [0.25, 0.3) is 0 Å². The second-order valence-corrected chi connectivity index (χ2v) is 13.2. The number of amides is 2. The van der Waals surface area contributed by atoms with E-state index in [-0.39, 0.29) is 35.1 Å². The van der Waals surface area contributed by atoms with E-state index in [0.29, 0.717) is 36.8 Å². The Bertz CT molecular complexity index is 1270. The molecule has 2 aromatic carbocycles. The van der Waals surface area contributed by atoms with Crippen LogP contribution in [-0.4, -0.2) is 71.3 Å². The molecule has 0 spiro atoms. The zero-order valence-electron chi connectivity index (χ0n) is 23.9. The molecule has 5 nitrogen and oxygen atoms in total. The van der Waals surface area contributed by atoms with Crippen LogP contribution < -0.4 is 0 Å². The molecule has 2 aromatic rings. The van der Waals surface area contributed by atoms with Crippen molar-refractivity contribution < 1.29 is 18.4 Å². The van der Waals surface area contributed by atoms with Gasteiger partial charge in [-0.2, -0.15) is 0 Å². The Balaban J connectivity index is 1.32. The van der Waals surface area contributed by atoms with Gasteiger partial charge in [-0.1, -0.05) is 23.7 Å². The normalized spacial score (nSPS) is 23.3. The summed E-state index contributed by atoms with van der Waals surface area (Å²) in [4.78, 5) is 33.0. The lowest BCUT2D eigenvalue weighted by Crippen LogP contribution is -2.45. The molecule has 2 amide bonds. The third-order valence-electron chi connectivity index (χ3n) is 9.25. The molecule has 0 saturated carbocycles. The van der Waals surface area contributed by atoms with Crippen LogP contribution in [0.25, 0.3) is 0 Å². The Morgan fingerprint density at radius 1 is 0.925 bits per heavy atom. The molecule has 216 valence electrons. The van der Waals surface area contributed by atoms with Crippen molar-refractivity contribution in [3.05, 3.63) is 69.7 Å². The molecule has 3 fully saturated rings. The van der Waals surface area contributed by atoms with Gasteiger partial charge in [0, 0.05) is 61.8 Å². The predicted octanol–water partition coefficient (Wildman–Crippen LogP) is 6.17. The maximum atomic E-state index is 14.9. The molecule has 3 aliphatic rings. The number of benzene rings is 2. The standard InChI is InChI=1S/C32H40ClF2N3O2/c1-20(30(39)36-12-5-13-36)26-16-22(33)6-8-24(26)21-10-14-37(15-11-21)31(40)28-19-38(32(2,3)4)18-27(28)25-9-7-23(34)17-29(25)35/h6-9,16-17,20-21,27-28H,5,10-15,18-19H2,1-4H3. The van der Waals surface area contributed by atoms with Crippen LogP contribution in [0.5, 0.6) is 0 Å². The average Bonchev–Trinajstić information content (AvgIpc) is 3.33. The van der Waals surface area contributed by atoms with Crippen LogP contribution in [0.3, 0.4) is 0 Å². The van der Waals surface area contributed by atoms with Crippen molar-refractivity contribution in [2.75, 3.05) is 39.3 Å². The second kappa shape index (κ2) is 11.4. The van der Waals surface area contributed by atoms with E-state index in [1.54, 1.807) is 0 Å². The fourth-order valence-electron chi connectivity index (χ4n) is 6.60. The number of piperidine rings is 1. The number of likely N-dealkylation sites (tertiary alicyclic amines) is 3. The summed E-state index contributed by atoms with van der Waals surface area (Å²) in [7, 11) is 0. The van der Waals surface area contributed by atoms with E-state index in [1.165, 1.54) is 12.1 Å². The molecular formula is C32H40ClF2N3O2. The van der Waals surface area contributed by atoms with Crippen molar-refractivity contribution >= 4 is 23.4 Å². The van der Waals surface area contributed by atoms with E-state index < -0.39 is 17.6 Å². The molecule has 0 aliphatic carbocycles. The van der Waals surface area contributed by atoms with Crippen molar-refractivity contribution in [2.24, 2.45) is 5.92 Å². The van der Waals surface area contributed by atoms with E-state index in [4.69, 9.17) is 11.6 Å². The maximum absolute atomic E-state index is 14.9. The topological polar surface area (TPSA) is 43.9 Å². The highest BCUT2D eigenvalue weighted by atomic mass is 35.5. The minimum atomic E-state index is -0.612. The van der Waals surface area contributed by atoms with Crippen LogP contribution in [-0.2, 0) is 9.59 Å². The number of rotatable bonds is 5. The van der Waals surface area contributed by atoms with E-state index in [2.05, 4.69) is 25.7 Å². The molecule has 8 heteroatoms. The largest absolute Gasteiger partial charge is 0.342 e. The van der Waals surface area contributed by atoms with E-state index in [9.17, 15) is 18.4 Å². The summed E-state index contributed by atoms with van der Waals surface area (Å²) in [5.41, 5.74) is 2.36. The van der Waals surface area contributed by atoms with Crippen molar-refractivity contribution in [3.8, 4) is 0 Å². The SMILES string of the molecule is CC(C(=O)N1CCC1)c1cc(Cl)ccc1C1CCN(C(=O)C2CN(C(C)(C)C)CC2c2ccc(F)cc2F)CC1. The van der Waals surface area contributed by atoms with Gasteiger partial charge in [0.1, 0.15) is 11.6 Å². The monoisotopic (exact) mass is 571 g/mol. The molecular weight excluding hydrogens is 532 g/mol. The lowest BCUT2D eigenvalue weighted by molar-refractivity contribution is -0.137. The van der Waals surface area contributed by atoms with Crippen LogP contribution in [0.1, 0.15) is 81.4 Å². The first kappa shape index (κ1) is 29.0. The van der Waals surface area contributed by atoms with Crippen LogP contribution in [0, 0.1) is 17.6 Å². The Morgan fingerprint density at radius 2 is 1.60 bits per heavy atom. The van der Waals surface area contributed by atoms with Gasteiger partial charge in [-0.3, -0.25) is 14.5 Å². The van der Waals surface area contributed by atoms with E-state index in [1.807, 2.05) is 34.9 Å². The number of carbonyl (C=O) groups is 2. The molecule has 40 heavy (non-hydrogen) atoms. The van der Waals surface area contributed by atoms with E-state index in [0.717, 1.165) is 49.5 Å². The smallest absolute Gasteiger partial charge is 0.229 e. The Morgan fingerprint density at radius 3 is 2.20 bits per heavy atom. The highest BCUT2D eigenvalue weighted by molar-refractivity contribution is 6.30. The molecule has 5 rings (SSSR count). The average molecular weight is 572 g/mol. The summed E-state index contributed by atoms with van der Waals surface area (Å²) in [6, 6.07) is 9.56. The summed E-state index contributed by atoms with van der Waals surface area (Å²) in [5.74, 6) is -1.78. The number of hydrogen-bond donors (Lipinski definition) is 0. The maximum Gasteiger partial charge on any atom is 0.229 e. The molecule has 0 N–H and O–H groups in total. The Labute approximate surface area is 241 Å². The molecule has 3 atom stereocenters. The third-order valence-corrected chi connectivity index (χ3v) is 9.48. The molecule has 3 unspecified atom stereocenters. The van der Waals surface area contributed by atoms with Gasteiger partial charge in [-0.05, 0) is 87.8 Å². The third kappa shape index (κ3) is 5.78. The summed E-state index contributed by atoms with van der Waals surface area (Å²) in [5, 5.41) is 0.623. The van der Waals surface area contributed by atoms with Gasteiger partial charge in [0.15, 0.2) is 0 Å². The first-order valence-electron chi connectivity index (χ1n) is 14.5. The fraction of sp³-hybridized carbons (Fsp3) is 0.562. The van der Waals surface area contributed by atoms with Crippen molar-refractivity contribution in [2.45, 2.75) is 70.3 Å². The molecule has 3 aliphatic heterocycles. The highest BCUT2D eigenvalue weighted by Crippen LogP contribution is 2.41. The van der Waals surface area contributed by atoms with Crippen LogP contribution in [0.4, 0.5) is 8.78 Å². The van der Waals surface area contributed by atoms with Crippen molar-refractivity contribution in [3.63, 3.8) is 0 Å². The molecule has 0 aromatic heterocycles. The molecule has 3 saturated heterocycles. The number of nitrogens with zero attached hydrogens (tertiary/aromatic N) is 3. The first-order chi connectivity index (χ1) is 18.9. The highest BCUT2D eigenvalue weighted by Gasteiger charge is 2.45. The van der Waals surface area contributed by atoms with Gasteiger partial charge in [0.05, 0.1) is 11.8 Å². The zero-order chi connectivity index (χ0) is 28.8. The first-order valence-corrected chi connectivity index (χ1v) is 14.9. The summed E-state index contributed by atoms with van der Waals surface area (Å²) < 4.78 is 28.6. The Hall–Kier alpha value is -2.51. The molecule has 0 bridgehead atoms. The van der Waals surface area contributed by atoms with Gasteiger partial charge in [-0.15, -0.1) is 0 Å². The lowest BCUT2D eigenvalue weighted by atomic mass is 9.81. The predicted molar refractivity (Wildman–Crippen MR) is 154 cm³/mol. The quantitative estimate of drug-likeness (QED) is 0.431. The van der Waals surface area contributed by atoms with Gasteiger partial charge in [0.2, 0.25) is 11.8 Å². The number of hydrogen-bond acceptors (Lipinski definition) is 3. The summed E-state index contributed by atoms with van der Waals surface area (Å²) in [6.07, 6.45) is 2.63. The summed E-state index contributed by atoms with van der Waals surface area (Å²) in [6.45, 7) is 12.2. The van der Waals surface area contributed by atoms with Crippen LogP contribution >= 0.6 is 11.6 Å². The van der Waals surface area contributed by atoms with Gasteiger partial charge < -0.3 is 9.80 Å². The van der Waals surface area contributed by atoms with Crippen molar-refractivity contribution in [1.29, 1.82) is 0 Å². The van der Waals surface area contributed by atoms with Gasteiger partial charge in [-0.25, -0.2) is 8.78 Å². The van der Waals surface area contributed by atoms with E-state index >= 15 is 0 Å². The molecule has 3 heterocycles. The second-order valence-electron chi connectivity index (χ2n) is 12.7. The minimum Gasteiger partial charge on any atom is -0.342 e. The number of carbonyl (C=O) groups excluding carboxylic acids is 2. The van der Waals surface area contributed by atoms with Crippen LogP contribution in [0.15, 0.2) is 36.4 Å². The fourth-order valence-corrected chi connectivity index (χ4v) is 6.78. The Kier molecular flexibility index (Phi) is 8.27. The van der Waals surface area contributed by atoms with Gasteiger partial charge >= 0.3 is 0 Å². The molecule has 0 radical (unpaired) electrons. The lowest BCUT2D eigenvalue weighted by Gasteiger charge is -2.37. The minimum absolute atomic E-state index is 0.0385.